The van der Waals surface area contributed by atoms with Gasteiger partial charge in [-0.1, -0.05) is 13.8 Å². The van der Waals surface area contributed by atoms with Crippen LogP contribution >= 0.6 is 11.6 Å². The number of halogens is 1. The quantitative estimate of drug-likeness (QED) is 0.701. The van der Waals surface area contributed by atoms with Crippen molar-refractivity contribution in [2.75, 3.05) is 6.79 Å². The number of alkyl halides is 1. The van der Waals surface area contributed by atoms with Crippen LogP contribution in [0.1, 0.15) is 30.9 Å². The van der Waals surface area contributed by atoms with Crippen molar-refractivity contribution in [3.63, 3.8) is 0 Å². The number of ether oxygens (including phenoxy) is 2. The molecule has 0 fully saturated rings. The Kier molecular flexibility index (Phi) is 2.55. The van der Waals surface area contributed by atoms with E-state index in [9.17, 15) is 0 Å². The van der Waals surface area contributed by atoms with Gasteiger partial charge in [0.25, 0.3) is 0 Å². The van der Waals surface area contributed by atoms with Gasteiger partial charge in [0, 0.05) is 5.88 Å². The molecule has 0 aromatic heterocycles. The maximum Gasteiger partial charge on any atom is 0.231 e. The Labute approximate surface area is 88.8 Å². The molecule has 0 saturated carbocycles. The molecule has 0 aliphatic carbocycles. The van der Waals surface area contributed by atoms with Crippen LogP contribution < -0.4 is 9.47 Å². The highest BCUT2D eigenvalue weighted by molar-refractivity contribution is 6.17. The zero-order valence-electron chi connectivity index (χ0n) is 8.34. The first-order valence-corrected chi connectivity index (χ1v) is 5.24. The molecule has 1 heterocycles. The Morgan fingerprint density at radius 3 is 2.50 bits per heavy atom. The molecular formula is C11H13ClO2. The predicted octanol–water partition coefficient (Wildman–Crippen LogP) is 3.28. The van der Waals surface area contributed by atoms with Crippen molar-refractivity contribution in [3.05, 3.63) is 23.3 Å². The minimum atomic E-state index is 0.318. The third kappa shape index (κ3) is 1.55. The predicted molar refractivity (Wildman–Crippen MR) is 56.2 cm³/mol. The molecule has 0 bridgehead atoms. The summed E-state index contributed by atoms with van der Waals surface area (Å²) < 4.78 is 10.6. The van der Waals surface area contributed by atoms with E-state index >= 15 is 0 Å². The standard InChI is InChI=1S/C11H13ClO2/c1-7(2)9-4-11-10(13-6-14-11)3-8(9)5-12/h3-4,7H,5-6H2,1-2H3. The Balaban J connectivity index is 2.49. The molecule has 0 atom stereocenters. The third-order valence-electron chi connectivity index (χ3n) is 2.40. The maximum atomic E-state index is 5.88. The Hall–Kier alpha value is -0.890. The average molecular weight is 213 g/mol. The van der Waals surface area contributed by atoms with Gasteiger partial charge in [-0.2, -0.15) is 0 Å². The molecule has 0 N–H and O–H groups in total. The van der Waals surface area contributed by atoms with Crippen LogP contribution in [0.2, 0.25) is 0 Å². The van der Waals surface area contributed by atoms with E-state index in [4.69, 9.17) is 21.1 Å². The molecule has 76 valence electrons. The molecule has 2 nitrogen and oxygen atoms in total. The minimum Gasteiger partial charge on any atom is -0.454 e. The molecular weight excluding hydrogens is 200 g/mol. The van der Waals surface area contributed by atoms with Gasteiger partial charge in [0.2, 0.25) is 6.79 Å². The van der Waals surface area contributed by atoms with Gasteiger partial charge >= 0.3 is 0 Å². The van der Waals surface area contributed by atoms with Gasteiger partial charge in [0.05, 0.1) is 0 Å². The fourth-order valence-corrected chi connectivity index (χ4v) is 1.88. The number of hydrogen-bond donors (Lipinski definition) is 0. The van der Waals surface area contributed by atoms with Crippen LogP contribution in [0.4, 0.5) is 0 Å². The SMILES string of the molecule is CC(C)c1cc2c(cc1CCl)OCO2. The van der Waals surface area contributed by atoms with Gasteiger partial charge in [-0.15, -0.1) is 11.6 Å². The summed E-state index contributed by atoms with van der Waals surface area (Å²) in [6.45, 7) is 4.61. The van der Waals surface area contributed by atoms with E-state index in [1.165, 1.54) is 5.56 Å². The van der Waals surface area contributed by atoms with Crippen LogP contribution in [-0.4, -0.2) is 6.79 Å². The summed E-state index contributed by atoms with van der Waals surface area (Å²) in [4.78, 5) is 0. The molecule has 14 heavy (non-hydrogen) atoms. The highest BCUT2D eigenvalue weighted by Crippen LogP contribution is 2.37. The average Bonchev–Trinajstić information content (AvgIpc) is 2.62. The van der Waals surface area contributed by atoms with E-state index in [0.29, 0.717) is 18.6 Å². The second kappa shape index (κ2) is 3.70. The van der Waals surface area contributed by atoms with E-state index in [2.05, 4.69) is 13.8 Å². The number of hydrogen-bond acceptors (Lipinski definition) is 2. The van der Waals surface area contributed by atoms with Gasteiger partial charge < -0.3 is 9.47 Å². The Morgan fingerprint density at radius 1 is 1.29 bits per heavy atom. The fraction of sp³-hybridized carbons (Fsp3) is 0.455. The Morgan fingerprint density at radius 2 is 1.93 bits per heavy atom. The molecule has 3 heteroatoms. The van der Waals surface area contributed by atoms with Crippen molar-refractivity contribution < 1.29 is 9.47 Å². The van der Waals surface area contributed by atoms with Crippen LogP contribution in [0.15, 0.2) is 12.1 Å². The number of benzene rings is 1. The van der Waals surface area contributed by atoms with Gasteiger partial charge in [0.15, 0.2) is 11.5 Å². The van der Waals surface area contributed by atoms with E-state index in [-0.39, 0.29) is 0 Å². The maximum absolute atomic E-state index is 5.88. The van der Waals surface area contributed by atoms with E-state index in [0.717, 1.165) is 17.1 Å². The van der Waals surface area contributed by atoms with Crippen LogP contribution in [0.25, 0.3) is 0 Å². The molecule has 0 radical (unpaired) electrons. The summed E-state index contributed by atoms with van der Waals surface area (Å²) in [5.41, 5.74) is 2.37. The molecule has 0 amide bonds. The molecule has 0 saturated heterocycles. The lowest BCUT2D eigenvalue weighted by Gasteiger charge is -2.11. The fourth-order valence-electron chi connectivity index (χ4n) is 1.65. The molecule has 0 spiro atoms. The highest BCUT2D eigenvalue weighted by Gasteiger charge is 2.17. The second-order valence-electron chi connectivity index (χ2n) is 3.69. The van der Waals surface area contributed by atoms with Crippen molar-refractivity contribution in [2.45, 2.75) is 25.6 Å². The van der Waals surface area contributed by atoms with Crippen molar-refractivity contribution in [2.24, 2.45) is 0 Å². The van der Waals surface area contributed by atoms with Gasteiger partial charge in [0.1, 0.15) is 0 Å². The summed E-state index contributed by atoms with van der Waals surface area (Å²) in [5.74, 6) is 2.62. The van der Waals surface area contributed by atoms with E-state index in [1.54, 1.807) is 0 Å². The van der Waals surface area contributed by atoms with Crippen LogP contribution in [0, 0.1) is 0 Å². The topological polar surface area (TPSA) is 18.5 Å². The van der Waals surface area contributed by atoms with Gasteiger partial charge in [-0.3, -0.25) is 0 Å². The first-order chi connectivity index (χ1) is 6.72. The van der Waals surface area contributed by atoms with E-state index in [1.807, 2.05) is 12.1 Å². The summed E-state index contributed by atoms with van der Waals surface area (Å²) in [6.07, 6.45) is 0. The van der Waals surface area contributed by atoms with Crippen LogP contribution in [-0.2, 0) is 5.88 Å². The lowest BCUT2D eigenvalue weighted by Crippen LogP contribution is -1.94. The summed E-state index contributed by atoms with van der Waals surface area (Å²) >= 11 is 5.88. The van der Waals surface area contributed by atoms with Crippen molar-refractivity contribution >= 4 is 11.6 Å². The highest BCUT2D eigenvalue weighted by atomic mass is 35.5. The van der Waals surface area contributed by atoms with Crippen LogP contribution in [0.5, 0.6) is 11.5 Å². The number of rotatable bonds is 2. The summed E-state index contributed by atoms with van der Waals surface area (Å²) in [5, 5.41) is 0. The summed E-state index contributed by atoms with van der Waals surface area (Å²) in [6, 6.07) is 4.01. The van der Waals surface area contributed by atoms with Crippen molar-refractivity contribution in [1.82, 2.24) is 0 Å². The molecule has 1 aromatic carbocycles. The summed E-state index contributed by atoms with van der Waals surface area (Å²) in [7, 11) is 0. The monoisotopic (exact) mass is 212 g/mol. The Bertz CT molecular complexity index is 347. The van der Waals surface area contributed by atoms with E-state index < -0.39 is 0 Å². The molecule has 1 aliphatic rings. The van der Waals surface area contributed by atoms with Crippen molar-refractivity contribution in [3.8, 4) is 11.5 Å². The zero-order chi connectivity index (χ0) is 10.1. The first kappa shape index (κ1) is 9.66. The smallest absolute Gasteiger partial charge is 0.231 e. The minimum absolute atomic E-state index is 0.318. The van der Waals surface area contributed by atoms with Crippen molar-refractivity contribution in [1.29, 1.82) is 0 Å². The first-order valence-electron chi connectivity index (χ1n) is 4.70. The zero-order valence-corrected chi connectivity index (χ0v) is 9.10. The number of fused-ring (bicyclic) bond motifs is 1. The van der Waals surface area contributed by atoms with Gasteiger partial charge in [-0.25, -0.2) is 0 Å². The molecule has 1 aliphatic heterocycles. The van der Waals surface area contributed by atoms with Gasteiger partial charge in [-0.05, 0) is 29.2 Å². The molecule has 2 rings (SSSR count). The molecule has 1 aromatic rings. The second-order valence-corrected chi connectivity index (χ2v) is 3.96. The lowest BCUT2D eigenvalue weighted by molar-refractivity contribution is 0.174. The largest absolute Gasteiger partial charge is 0.454 e. The van der Waals surface area contributed by atoms with Crippen LogP contribution in [0.3, 0.4) is 0 Å². The lowest BCUT2D eigenvalue weighted by atomic mass is 9.97. The molecule has 0 unspecified atom stereocenters. The normalized spacial score (nSPS) is 13.7. The third-order valence-corrected chi connectivity index (χ3v) is 2.69.